The van der Waals surface area contributed by atoms with E-state index in [1.165, 1.54) is 6.07 Å². The predicted molar refractivity (Wildman–Crippen MR) is 135 cm³/mol. The normalized spacial score (nSPS) is 19.6. The van der Waals surface area contributed by atoms with Crippen LogP contribution in [-0.2, 0) is 17.7 Å². The highest BCUT2D eigenvalue weighted by molar-refractivity contribution is 6.30. The highest BCUT2D eigenvalue weighted by Crippen LogP contribution is 2.33. The molecule has 1 fully saturated rings. The van der Waals surface area contributed by atoms with Crippen LogP contribution in [0.3, 0.4) is 0 Å². The summed E-state index contributed by atoms with van der Waals surface area (Å²) in [4.78, 5) is 33.9. The van der Waals surface area contributed by atoms with Gasteiger partial charge in [0.1, 0.15) is 29.0 Å². The fourth-order valence-corrected chi connectivity index (χ4v) is 5.19. The largest absolute Gasteiger partial charge is 0.367 e. The molecule has 184 valence electrons. The minimum atomic E-state index is -0.531. The number of anilines is 1. The smallest absolute Gasteiger partial charge is 0.280 e. The van der Waals surface area contributed by atoms with Crippen molar-refractivity contribution in [2.45, 2.75) is 45.4 Å². The summed E-state index contributed by atoms with van der Waals surface area (Å²) in [6.07, 6.45) is 2.93. The van der Waals surface area contributed by atoms with E-state index in [0.29, 0.717) is 43.3 Å². The predicted octanol–water partition coefficient (Wildman–Crippen LogP) is 4.26. The SMILES string of the molecule is Cc1cc([C@@H]2CN(c3nc(-c4ccc(Cl)cc4F)c4nc5n(c(=O)c4n3)CCC5)C[C@H](C)O2)ccn1. The number of hydrogen-bond acceptors (Lipinski definition) is 7. The van der Waals surface area contributed by atoms with E-state index in [9.17, 15) is 4.79 Å². The quantitative estimate of drug-likeness (QED) is 0.410. The Morgan fingerprint density at radius 3 is 2.78 bits per heavy atom. The third-order valence-electron chi connectivity index (χ3n) is 6.68. The number of fused-ring (bicyclic) bond motifs is 2. The molecule has 1 aromatic carbocycles. The zero-order chi connectivity index (χ0) is 25.0. The Kier molecular flexibility index (Phi) is 5.69. The van der Waals surface area contributed by atoms with Crippen molar-refractivity contribution >= 4 is 28.6 Å². The van der Waals surface area contributed by atoms with E-state index in [4.69, 9.17) is 31.3 Å². The molecule has 3 aromatic heterocycles. The van der Waals surface area contributed by atoms with E-state index < -0.39 is 5.82 Å². The van der Waals surface area contributed by atoms with Crippen LogP contribution in [0.1, 0.15) is 36.5 Å². The molecule has 0 radical (unpaired) electrons. The molecule has 0 spiro atoms. The summed E-state index contributed by atoms with van der Waals surface area (Å²) in [5.74, 6) is 0.485. The fourth-order valence-electron chi connectivity index (χ4n) is 5.03. The van der Waals surface area contributed by atoms with Crippen LogP contribution < -0.4 is 10.5 Å². The van der Waals surface area contributed by atoms with Gasteiger partial charge in [-0.15, -0.1) is 0 Å². The van der Waals surface area contributed by atoms with Gasteiger partial charge in [0.25, 0.3) is 5.56 Å². The van der Waals surface area contributed by atoms with Crippen molar-refractivity contribution in [1.82, 2.24) is 24.5 Å². The molecule has 0 saturated carbocycles. The average molecular weight is 507 g/mol. The first kappa shape index (κ1) is 23.0. The highest BCUT2D eigenvalue weighted by atomic mass is 35.5. The van der Waals surface area contributed by atoms with Gasteiger partial charge in [0.15, 0.2) is 5.52 Å². The number of benzene rings is 1. The van der Waals surface area contributed by atoms with Crippen LogP contribution in [0.2, 0.25) is 5.02 Å². The zero-order valence-electron chi connectivity index (χ0n) is 19.9. The van der Waals surface area contributed by atoms with Crippen molar-refractivity contribution in [2.75, 3.05) is 18.0 Å². The van der Waals surface area contributed by atoms with Gasteiger partial charge in [-0.3, -0.25) is 14.3 Å². The fraction of sp³-hybridized carbons (Fsp3) is 0.346. The number of morpholine rings is 1. The molecule has 6 rings (SSSR count). The molecule has 0 N–H and O–H groups in total. The Morgan fingerprint density at radius 2 is 1.97 bits per heavy atom. The van der Waals surface area contributed by atoms with E-state index in [1.807, 2.05) is 30.9 Å². The monoisotopic (exact) mass is 506 g/mol. The molecule has 0 unspecified atom stereocenters. The molecular weight excluding hydrogens is 483 g/mol. The molecular formula is C26H24ClFN6O2. The number of pyridine rings is 1. The van der Waals surface area contributed by atoms with E-state index in [1.54, 1.807) is 22.9 Å². The maximum atomic E-state index is 15.1. The van der Waals surface area contributed by atoms with Gasteiger partial charge in [0.05, 0.1) is 12.6 Å². The van der Waals surface area contributed by atoms with Crippen molar-refractivity contribution in [1.29, 1.82) is 0 Å². The van der Waals surface area contributed by atoms with Crippen LogP contribution in [0.15, 0.2) is 41.3 Å². The van der Waals surface area contributed by atoms with Gasteiger partial charge in [0.2, 0.25) is 5.95 Å². The van der Waals surface area contributed by atoms with Crippen LogP contribution in [0, 0.1) is 12.7 Å². The van der Waals surface area contributed by atoms with E-state index in [2.05, 4.69) is 4.98 Å². The van der Waals surface area contributed by atoms with Crippen molar-refractivity contribution < 1.29 is 9.13 Å². The molecule has 2 aliphatic heterocycles. The Labute approximate surface area is 211 Å². The summed E-state index contributed by atoms with van der Waals surface area (Å²) >= 11 is 6.01. The third-order valence-corrected chi connectivity index (χ3v) is 6.91. The Bertz CT molecular complexity index is 1560. The van der Waals surface area contributed by atoms with Gasteiger partial charge in [-0.1, -0.05) is 11.6 Å². The Hall–Kier alpha value is -3.43. The lowest BCUT2D eigenvalue weighted by Gasteiger charge is -2.37. The molecule has 1 saturated heterocycles. The maximum absolute atomic E-state index is 15.1. The standard InChI is InChI=1S/C26H24ClFN6O2/c1-14-10-16(7-8-29-14)20-13-33(12-15(2)36-20)26-31-22(18-6-5-17(27)11-19(18)28)23-24(32-26)25(35)34-9-3-4-21(34)30-23/h5-8,10-11,15,20H,3-4,9,12-13H2,1-2H3/t15-,20-/m0/s1. The maximum Gasteiger partial charge on any atom is 0.280 e. The number of aromatic nitrogens is 5. The summed E-state index contributed by atoms with van der Waals surface area (Å²) in [7, 11) is 0. The van der Waals surface area contributed by atoms with E-state index >= 15 is 4.39 Å². The summed E-state index contributed by atoms with van der Waals surface area (Å²) in [5, 5.41) is 0.279. The van der Waals surface area contributed by atoms with Gasteiger partial charge >= 0.3 is 0 Å². The number of ether oxygens (including phenoxy) is 1. The molecule has 8 nitrogen and oxygen atoms in total. The molecule has 0 amide bonds. The van der Waals surface area contributed by atoms with E-state index in [-0.39, 0.29) is 39.6 Å². The Balaban J connectivity index is 1.52. The zero-order valence-corrected chi connectivity index (χ0v) is 20.7. The van der Waals surface area contributed by atoms with Gasteiger partial charge in [-0.25, -0.2) is 19.3 Å². The lowest BCUT2D eigenvalue weighted by molar-refractivity contribution is -0.0179. The second-order valence-corrected chi connectivity index (χ2v) is 9.79. The number of halogens is 2. The van der Waals surface area contributed by atoms with Crippen LogP contribution in [0.4, 0.5) is 10.3 Å². The summed E-state index contributed by atoms with van der Waals surface area (Å²) < 4.78 is 23.0. The Morgan fingerprint density at radius 1 is 1.11 bits per heavy atom. The highest BCUT2D eigenvalue weighted by Gasteiger charge is 2.30. The molecule has 0 aliphatic carbocycles. The van der Waals surface area contributed by atoms with Gasteiger partial charge in [-0.2, -0.15) is 0 Å². The summed E-state index contributed by atoms with van der Waals surface area (Å²) in [5.41, 5.74) is 2.68. The molecule has 2 aliphatic rings. The van der Waals surface area contributed by atoms with Crippen molar-refractivity contribution in [3.8, 4) is 11.3 Å². The molecule has 4 aromatic rings. The third kappa shape index (κ3) is 4.02. The number of hydrogen-bond donors (Lipinski definition) is 0. The van der Waals surface area contributed by atoms with Gasteiger partial charge < -0.3 is 9.64 Å². The van der Waals surface area contributed by atoms with Gasteiger partial charge in [-0.05, 0) is 56.2 Å². The lowest BCUT2D eigenvalue weighted by atomic mass is 10.1. The second kappa shape index (κ2) is 8.90. The van der Waals surface area contributed by atoms with Crippen molar-refractivity contribution in [2.24, 2.45) is 0 Å². The molecule has 2 atom stereocenters. The van der Waals surface area contributed by atoms with Crippen molar-refractivity contribution in [3.63, 3.8) is 0 Å². The first-order valence-electron chi connectivity index (χ1n) is 12.0. The van der Waals surface area contributed by atoms with Crippen LogP contribution >= 0.6 is 11.6 Å². The first-order chi connectivity index (χ1) is 17.4. The number of aryl methyl sites for hydroxylation is 2. The number of rotatable bonds is 3. The average Bonchev–Trinajstić information content (AvgIpc) is 3.33. The number of nitrogens with zero attached hydrogens (tertiary/aromatic N) is 6. The van der Waals surface area contributed by atoms with Gasteiger partial charge in [0, 0.05) is 42.0 Å². The molecule has 5 heterocycles. The minimum absolute atomic E-state index is 0.119. The molecule has 36 heavy (non-hydrogen) atoms. The summed E-state index contributed by atoms with van der Waals surface area (Å²) in [6.45, 7) is 5.51. The van der Waals surface area contributed by atoms with Crippen LogP contribution in [-0.4, -0.2) is 43.7 Å². The minimum Gasteiger partial charge on any atom is -0.367 e. The van der Waals surface area contributed by atoms with E-state index in [0.717, 1.165) is 17.7 Å². The molecule has 10 heteroatoms. The topological polar surface area (TPSA) is 86.0 Å². The first-order valence-corrected chi connectivity index (χ1v) is 12.3. The molecule has 0 bridgehead atoms. The lowest BCUT2D eigenvalue weighted by Crippen LogP contribution is -2.44. The second-order valence-electron chi connectivity index (χ2n) is 9.35. The van der Waals surface area contributed by atoms with Crippen LogP contribution in [0.5, 0.6) is 0 Å². The summed E-state index contributed by atoms with van der Waals surface area (Å²) in [6, 6.07) is 8.34. The van der Waals surface area contributed by atoms with Crippen molar-refractivity contribution in [3.05, 3.63) is 74.8 Å². The van der Waals surface area contributed by atoms with Crippen LogP contribution in [0.25, 0.3) is 22.3 Å².